The third-order valence-corrected chi connectivity index (χ3v) is 5.17. The largest absolute Gasteiger partial charge is 0.485 e. The molecular formula is C19H16BrFN2O4S. The van der Waals surface area contributed by atoms with Crippen LogP contribution in [-0.4, -0.2) is 21.9 Å². The lowest BCUT2D eigenvalue weighted by Crippen LogP contribution is -2.07. The summed E-state index contributed by atoms with van der Waals surface area (Å²) >= 11 is 4.81. The molecule has 2 aromatic carbocycles. The van der Waals surface area contributed by atoms with E-state index in [1.165, 1.54) is 36.0 Å². The monoisotopic (exact) mass is 466 g/mol. The molecule has 0 saturated carbocycles. The Morgan fingerprint density at radius 1 is 1.21 bits per heavy atom. The van der Waals surface area contributed by atoms with E-state index in [2.05, 4.69) is 26.1 Å². The number of carbonyl (C=O) groups is 1. The third-order valence-electron chi connectivity index (χ3n) is 3.53. The highest BCUT2D eigenvalue weighted by Gasteiger charge is 2.11. The fourth-order valence-corrected chi connectivity index (χ4v) is 3.46. The summed E-state index contributed by atoms with van der Waals surface area (Å²) in [6.07, 6.45) is 0. The fraction of sp³-hybridized carbons (Fsp3) is 0.211. The van der Waals surface area contributed by atoms with E-state index in [0.717, 1.165) is 14.9 Å². The maximum absolute atomic E-state index is 12.9. The predicted octanol–water partition coefficient (Wildman–Crippen LogP) is 4.69. The van der Waals surface area contributed by atoms with Crippen LogP contribution in [0.25, 0.3) is 0 Å². The number of aromatic nitrogens is 2. The van der Waals surface area contributed by atoms with Gasteiger partial charge in [0, 0.05) is 9.37 Å². The van der Waals surface area contributed by atoms with Gasteiger partial charge in [-0.3, -0.25) is 4.79 Å². The Morgan fingerprint density at radius 3 is 2.75 bits per heavy atom. The van der Waals surface area contributed by atoms with Gasteiger partial charge < -0.3 is 14.0 Å². The van der Waals surface area contributed by atoms with Crippen molar-refractivity contribution in [2.45, 2.75) is 25.0 Å². The number of rotatable bonds is 8. The molecule has 0 aliphatic heterocycles. The minimum atomic E-state index is -0.380. The minimum absolute atomic E-state index is 0.0573. The molecule has 0 spiro atoms. The number of hydrogen-bond acceptors (Lipinski definition) is 7. The lowest BCUT2D eigenvalue weighted by Gasteiger charge is -2.05. The van der Waals surface area contributed by atoms with Crippen LogP contribution in [0.4, 0.5) is 4.39 Å². The normalized spacial score (nSPS) is 10.7. The molecule has 28 heavy (non-hydrogen) atoms. The van der Waals surface area contributed by atoms with Crippen molar-refractivity contribution >= 4 is 33.7 Å². The van der Waals surface area contributed by atoms with Gasteiger partial charge in [0.1, 0.15) is 11.6 Å². The first kappa shape index (κ1) is 20.3. The lowest BCUT2D eigenvalue weighted by atomic mass is 10.2. The number of nitrogens with zero attached hydrogens (tertiary/aromatic N) is 2. The molecule has 0 aliphatic rings. The average molecular weight is 467 g/mol. The molecule has 146 valence electrons. The Bertz CT molecular complexity index is 949. The summed E-state index contributed by atoms with van der Waals surface area (Å²) in [6, 6.07) is 11.5. The van der Waals surface area contributed by atoms with Gasteiger partial charge in [0.05, 0.1) is 5.75 Å². The number of carbonyl (C=O) groups excluding carboxylic acids is 1. The van der Waals surface area contributed by atoms with Gasteiger partial charge in [-0.2, -0.15) is 4.98 Å². The van der Waals surface area contributed by atoms with E-state index in [1.807, 2.05) is 25.1 Å². The summed E-state index contributed by atoms with van der Waals surface area (Å²) in [5.41, 5.74) is 1.08. The van der Waals surface area contributed by atoms with Crippen molar-refractivity contribution < 1.29 is 23.2 Å². The number of halogens is 2. The molecule has 3 aromatic rings. The van der Waals surface area contributed by atoms with E-state index in [1.54, 1.807) is 0 Å². The predicted molar refractivity (Wildman–Crippen MR) is 104 cm³/mol. The van der Waals surface area contributed by atoms with Crippen molar-refractivity contribution in [3.63, 3.8) is 0 Å². The van der Waals surface area contributed by atoms with Gasteiger partial charge >= 0.3 is 5.97 Å². The number of esters is 1. The lowest BCUT2D eigenvalue weighted by molar-refractivity contribution is -0.142. The van der Waals surface area contributed by atoms with Crippen molar-refractivity contribution in [3.8, 4) is 5.75 Å². The summed E-state index contributed by atoms with van der Waals surface area (Å²) in [4.78, 5) is 17.0. The van der Waals surface area contributed by atoms with Crippen LogP contribution >= 0.6 is 27.7 Å². The van der Waals surface area contributed by atoms with E-state index in [-0.39, 0.29) is 36.6 Å². The fourth-order valence-electron chi connectivity index (χ4n) is 2.18. The van der Waals surface area contributed by atoms with Crippen molar-refractivity contribution in [2.75, 3.05) is 5.75 Å². The summed E-state index contributed by atoms with van der Waals surface area (Å²) in [7, 11) is 0. The van der Waals surface area contributed by atoms with Crippen molar-refractivity contribution in [1.82, 2.24) is 10.1 Å². The van der Waals surface area contributed by atoms with Crippen LogP contribution in [-0.2, 0) is 22.7 Å². The quantitative estimate of drug-likeness (QED) is 0.351. The number of benzene rings is 2. The standard InChI is InChI=1S/C19H16BrFN2O4S/c1-12-8-13(20)2-7-16(12)28-11-19(24)26-10-18-22-17(23-27-18)9-25-15-5-3-14(21)4-6-15/h2-8H,9-11H2,1H3. The molecule has 3 rings (SSSR count). The molecule has 1 aromatic heterocycles. The highest BCUT2D eigenvalue weighted by atomic mass is 79.9. The van der Waals surface area contributed by atoms with Gasteiger partial charge in [-0.1, -0.05) is 21.1 Å². The van der Waals surface area contributed by atoms with Crippen LogP contribution in [0.2, 0.25) is 0 Å². The van der Waals surface area contributed by atoms with E-state index in [9.17, 15) is 9.18 Å². The average Bonchev–Trinajstić information content (AvgIpc) is 3.13. The molecule has 0 bridgehead atoms. The van der Waals surface area contributed by atoms with Crippen molar-refractivity contribution in [3.05, 3.63) is 70.0 Å². The molecule has 6 nitrogen and oxygen atoms in total. The summed E-state index contributed by atoms with van der Waals surface area (Å²) in [5.74, 6) is 0.418. The molecule has 0 N–H and O–H groups in total. The number of ether oxygens (including phenoxy) is 2. The van der Waals surface area contributed by atoms with Gasteiger partial charge in [0.2, 0.25) is 5.82 Å². The molecule has 0 radical (unpaired) electrons. The van der Waals surface area contributed by atoms with Crippen molar-refractivity contribution in [2.24, 2.45) is 0 Å². The van der Waals surface area contributed by atoms with Gasteiger partial charge in [-0.25, -0.2) is 4.39 Å². The second kappa shape index (κ2) is 9.70. The maximum Gasteiger partial charge on any atom is 0.316 e. The topological polar surface area (TPSA) is 74.5 Å². The first-order chi connectivity index (χ1) is 13.5. The summed E-state index contributed by atoms with van der Waals surface area (Å²) in [6.45, 7) is 1.93. The molecule has 0 fully saturated rings. The number of thioether (sulfide) groups is 1. The number of aryl methyl sites for hydroxylation is 1. The Balaban J connectivity index is 1.42. The smallest absolute Gasteiger partial charge is 0.316 e. The molecule has 0 unspecified atom stereocenters. The second-order valence-electron chi connectivity index (χ2n) is 5.71. The molecule has 9 heteroatoms. The molecule has 0 saturated heterocycles. The van der Waals surface area contributed by atoms with Crippen LogP contribution in [0.5, 0.6) is 5.75 Å². The zero-order valence-electron chi connectivity index (χ0n) is 14.9. The van der Waals surface area contributed by atoms with Gasteiger partial charge in [-0.05, 0) is 55.0 Å². The zero-order valence-corrected chi connectivity index (χ0v) is 17.3. The van der Waals surface area contributed by atoms with E-state index in [0.29, 0.717) is 11.6 Å². The van der Waals surface area contributed by atoms with Crippen molar-refractivity contribution in [1.29, 1.82) is 0 Å². The second-order valence-corrected chi connectivity index (χ2v) is 7.64. The molecule has 1 heterocycles. The van der Waals surface area contributed by atoms with E-state index < -0.39 is 0 Å². The van der Waals surface area contributed by atoms with E-state index in [4.69, 9.17) is 14.0 Å². The Hall–Kier alpha value is -2.39. The first-order valence-electron chi connectivity index (χ1n) is 8.24. The third kappa shape index (κ3) is 6.07. The highest BCUT2D eigenvalue weighted by molar-refractivity contribution is 9.10. The zero-order chi connectivity index (χ0) is 19.9. The summed E-state index contributed by atoms with van der Waals surface area (Å²) < 4.78 is 29.5. The molecule has 0 amide bonds. The van der Waals surface area contributed by atoms with Crippen LogP contribution in [0, 0.1) is 12.7 Å². The number of hydrogen-bond donors (Lipinski definition) is 0. The highest BCUT2D eigenvalue weighted by Crippen LogP contribution is 2.25. The molecule has 0 aliphatic carbocycles. The van der Waals surface area contributed by atoms with Gasteiger partial charge in [-0.15, -0.1) is 11.8 Å². The Morgan fingerprint density at radius 2 is 2.00 bits per heavy atom. The SMILES string of the molecule is Cc1cc(Br)ccc1SCC(=O)OCc1nc(COc2ccc(F)cc2)no1. The van der Waals surface area contributed by atoms with Crippen LogP contribution in [0.3, 0.4) is 0 Å². The van der Waals surface area contributed by atoms with Crippen LogP contribution < -0.4 is 4.74 Å². The van der Waals surface area contributed by atoms with Gasteiger partial charge in [0.15, 0.2) is 13.2 Å². The first-order valence-corrected chi connectivity index (χ1v) is 10.0. The summed E-state index contributed by atoms with van der Waals surface area (Å²) in [5, 5.41) is 3.75. The Labute approximate surface area is 173 Å². The molecular weight excluding hydrogens is 451 g/mol. The van der Waals surface area contributed by atoms with Crippen LogP contribution in [0.15, 0.2) is 56.4 Å². The maximum atomic E-state index is 12.9. The van der Waals surface area contributed by atoms with Crippen LogP contribution in [0.1, 0.15) is 17.3 Å². The van der Waals surface area contributed by atoms with Gasteiger partial charge in [0.25, 0.3) is 5.89 Å². The van der Waals surface area contributed by atoms with E-state index >= 15 is 0 Å². The molecule has 0 atom stereocenters. The minimum Gasteiger partial charge on any atom is -0.485 e. The Kier molecular flexibility index (Phi) is 7.05.